The van der Waals surface area contributed by atoms with Gasteiger partial charge in [0, 0.05) is 35.2 Å². The smallest absolute Gasteiger partial charge is 0.0485 e. The molecule has 26 heavy (non-hydrogen) atoms. The number of hydrogen-bond donors (Lipinski definition) is 0. The molecule has 0 saturated carbocycles. The highest BCUT2D eigenvalue weighted by atomic mass is 15.0. The van der Waals surface area contributed by atoms with Gasteiger partial charge in [0.25, 0.3) is 0 Å². The van der Waals surface area contributed by atoms with Gasteiger partial charge in [0.15, 0.2) is 0 Å². The fourth-order valence-corrected chi connectivity index (χ4v) is 3.91. The zero-order valence-electron chi connectivity index (χ0n) is 16.5. The Labute approximate surface area is 156 Å². The molecule has 2 heteroatoms. The van der Waals surface area contributed by atoms with Gasteiger partial charge in [-0.3, -0.25) is 0 Å². The lowest BCUT2D eigenvalue weighted by atomic mass is 9.94. The van der Waals surface area contributed by atoms with E-state index in [1.54, 1.807) is 0 Å². The first kappa shape index (κ1) is 17.0. The normalized spacial score (nSPS) is 13.0. The lowest BCUT2D eigenvalue weighted by Gasteiger charge is -2.27. The van der Waals surface area contributed by atoms with Crippen LogP contribution in [0.2, 0.25) is 0 Å². The summed E-state index contributed by atoms with van der Waals surface area (Å²) in [6.07, 6.45) is 7.75. The third-order valence-electron chi connectivity index (χ3n) is 5.37. The molecule has 2 heterocycles. The molecule has 0 amide bonds. The van der Waals surface area contributed by atoms with Gasteiger partial charge in [0.05, 0.1) is 0 Å². The van der Waals surface area contributed by atoms with Crippen LogP contribution in [0.3, 0.4) is 0 Å². The molecule has 2 nitrogen and oxygen atoms in total. The second-order valence-corrected chi connectivity index (χ2v) is 9.03. The first-order chi connectivity index (χ1) is 12.2. The summed E-state index contributed by atoms with van der Waals surface area (Å²) in [7, 11) is 0. The molecule has 0 bridgehead atoms. The monoisotopic (exact) mass is 344 g/mol. The molecule has 0 unspecified atom stereocenters. The van der Waals surface area contributed by atoms with Crippen molar-refractivity contribution in [3.63, 3.8) is 0 Å². The molecular formula is C24H28N2. The van der Waals surface area contributed by atoms with Crippen LogP contribution in [-0.4, -0.2) is 9.13 Å². The van der Waals surface area contributed by atoms with Crippen molar-refractivity contribution in [2.45, 2.75) is 52.1 Å². The summed E-state index contributed by atoms with van der Waals surface area (Å²) in [5, 5.41) is 3.93. The molecular weight excluding hydrogens is 316 g/mol. The predicted octanol–water partition coefficient (Wildman–Crippen LogP) is 6.33. The van der Waals surface area contributed by atoms with Crippen molar-refractivity contribution in [2.24, 2.45) is 0 Å². The van der Waals surface area contributed by atoms with E-state index in [4.69, 9.17) is 0 Å². The zero-order valence-corrected chi connectivity index (χ0v) is 16.5. The maximum Gasteiger partial charge on any atom is 0.0485 e. The van der Waals surface area contributed by atoms with Crippen molar-refractivity contribution in [2.75, 3.05) is 0 Å². The fraction of sp³-hybridized carbons (Fsp3) is 0.333. The van der Waals surface area contributed by atoms with Crippen molar-refractivity contribution in [3.05, 3.63) is 72.7 Å². The van der Waals surface area contributed by atoms with Gasteiger partial charge < -0.3 is 9.13 Å². The Kier molecular flexibility index (Phi) is 3.76. The van der Waals surface area contributed by atoms with Gasteiger partial charge in [0.1, 0.15) is 0 Å². The van der Waals surface area contributed by atoms with Crippen LogP contribution in [0.4, 0.5) is 0 Å². The molecule has 0 spiro atoms. The SMILES string of the molecule is CC(C)(C)n1ccc2cc(CC(C)(C)n3cc4ccccc4c3)ccc21. The van der Waals surface area contributed by atoms with Crippen molar-refractivity contribution in [3.8, 4) is 0 Å². The van der Waals surface area contributed by atoms with Gasteiger partial charge in [-0.05, 0) is 81.0 Å². The number of rotatable bonds is 3. The van der Waals surface area contributed by atoms with Gasteiger partial charge in [0.2, 0.25) is 0 Å². The Bertz CT molecular complexity index is 1040. The highest BCUT2D eigenvalue weighted by molar-refractivity contribution is 5.82. The van der Waals surface area contributed by atoms with Gasteiger partial charge in [-0.25, -0.2) is 0 Å². The van der Waals surface area contributed by atoms with Crippen LogP contribution >= 0.6 is 0 Å². The van der Waals surface area contributed by atoms with E-state index in [1.165, 1.54) is 27.2 Å². The third-order valence-corrected chi connectivity index (χ3v) is 5.37. The number of benzene rings is 2. The summed E-state index contributed by atoms with van der Waals surface area (Å²) in [6, 6.07) is 17.7. The van der Waals surface area contributed by atoms with Crippen molar-refractivity contribution in [1.82, 2.24) is 9.13 Å². The Morgan fingerprint density at radius 3 is 2.04 bits per heavy atom. The quantitative estimate of drug-likeness (QED) is 0.411. The van der Waals surface area contributed by atoms with Crippen LogP contribution in [-0.2, 0) is 17.5 Å². The van der Waals surface area contributed by atoms with Gasteiger partial charge in [-0.15, -0.1) is 0 Å². The maximum absolute atomic E-state index is 2.36. The van der Waals surface area contributed by atoms with E-state index < -0.39 is 0 Å². The van der Waals surface area contributed by atoms with Crippen molar-refractivity contribution >= 4 is 21.7 Å². The van der Waals surface area contributed by atoms with E-state index in [-0.39, 0.29) is 11.1 Å². The summed E-state index contributed by atoms with van der Waals surface area (Å²) in [6.45, 7) is 11.4. The highest BCUT2D eigenvalue weighted by Gasteiger charge is 2.22. The first-order valence-electron chi connectivity index (χ1n) is 9.42. The Balaban J connectivity index is 1.67. The minimum absolute atomic E-state index is 0.0271. The van der Waals surface area contributed by atoms with Crippen LogP contribution in [0.25, 0.3) is 21.7 Å². The molecule has 0 aliphatic carbocycles. The first-order valence-corrected chi connectivity index (χ1v) is 9.42. The molecule has 0 N–H and O–H groups in total. The minimum Gasteiger partial charge on any atom is -0.347 e. The van der Waals surface area contributed by atoms with E-state index in [0.717, 1.165) is 6.42 Å². The molecule has 0 fully saturated rings. The number of fused-ring (bicyclic) bond motifs is 2. The molecule has 2 aromatic carbocycles. The summed E-state index contributed by atoms with van der Waals surface area (Å²) < 4.78 is 4.72. The molecule has 134 valence electrons. The summed E-state index contributed by atoms with van der Waals surface area (Å²) >= 11 is 0. The minimum atomic E-state index is 0.0271. The van der Waals surface area contributed by atoms with Crippen LogP contribution < -0.4 is 0 Å². The van der Waals surface area contributed by atoms with E-state index in [0.29, 0.717) is 0 Å². The summed E-state index contributed by atoms with van der Waals surface area (Å²) in [5.74, 6) is 0. The average Bonchev–Trinajstić information content (AvgIpc) is 3.18. The lowest BCUT2D eigenvalue weighted by Crippen LogP contribution is -2.27. The maximum atomic E-state index is 2.36. The van der Waals surface area contributed by atoms with Gasteiger partial charge >= 0.3 is 0 Å². The van der Waals surface area contributed by atoms with Crippen LogP contribution in [0.15, 0.2) is 67.1 Å². The molecule has 0 saturated heterocycles. The van der Waals surface area contributed by atoms with Crippen LogP contribution in [0.1, 0.15) is 40.2 Å². The molecule has 0 radical (unpaired) electrons. The van der Waals surface area contributed by atoms with Gasteiger partial charge in [-0.2, -0.15) is 0 Å². The average molecular weight is 345 g/mol. The fourth-order valence-electron chi connectivity index (χ4n) is 3.91. The second-order valence-electron chi connectivity index (χ2n) is 9.03. The Morgan fingerprint density at radius 2 is 1.42 bits per heavy atom. The van der Waals surface area contributed by atoms with Gasteiger partial charge in [-0.1, -0.05) is 30.3 Å². The number of nitrogens with zero attached hydrogens (tertiary/aromatic N) is 2. The molecule has 0 aliphatic heterocycles. The number of hydrogen-bond acceptors (Lipinski definition) is 0. The standard InChI is InChI=1S/C24H28N2/c1-23(2,3)26-13-12-19-14-18(10-11-22(19)26)15-24(4,5)25-16-20-8-6-7-9-21(20)17-25/h6-14,16-17H,15H2,1-5H3. The Morgan fingerprint density at radius 1 is 0.769 bits per heavy atom. The summed E-state index contributed by atoms with van der Waals surface area (Å²) in [4.78, 5) is 0. The van der Waals surface area contributed by atoms with Crippen LogP contribution in [0.5, 0.6) is 0 Å². The van der Waals surface area contributed by atoms with E-state index >= 15 is 0 Å². The molecule has 0 aliphatic rings. The van der Waals surface area contributed by atoms with Crippen molar-refractivity contribution < 1.29 is 0 Å². The zero-order chi connectivity index (χ0) is 18.5. The molecule has 4 aromatic rings. The van der Waals surface area contributed by atoms with E-state index in [1.807, 2.05) is 0 Å². The van der Waals surface area contributed by atoms with Crippen LogP contribution in [0, 0.1) is 0 Å². The highest BCUT2D eigenvalue weighted by Crippen LogP contribution is 2.29. The van der Waals surface area contributed by atoms with E-state index in [9.17, 15) is 0 Å². The predicted molar refractivity (Wildman–Crippen MR) is 112 cm³/mol. The topological polar surface area (TPSA) is 9.86 Å². The second kappa shape index (κ2) is 5.77. The molecule has 4 rings (SSSR count). The third kappa shape index (κ3) is 2.94. The Hall–Kier alpha value is -2.48. The van der Waals surface area contributed by atoms with Crippen molar-refractivity contribution in [1.29, 1.82) is 0 Å². The molecule has 0 atom stereocenters. The largest absolute Gasteiger partial charge is 0.347 e. The summed E-state index contributed by atoms with van der Waals surface area (Å²) in [5.41, 5.74) is 2.82. The lowest BCUT2D eigenvalue weighted by molar-refractivity contribution is 0.355. The molecule has 2 aromatic heterocycles. The number of aromatic nitrogens is 2. The van der Waals surface area contributed by atoms with E-state index in [2.05, 4.69) is 111 Å².